The fourth-order valence-electron chi connectivity index (χ4n) is 5.25. The zero-order chi connectivity index (χ0) is 15.1. The first-order valence-electron chi connectivity index (χ1n) is 8.81. The van der Waals surface area contributed by atoms with Crippen molar-refractivity contribution in [3.05, 3.63) is 29.8 Å². The Morgan fingerprint density at radius 1 is 1.14 bits per heavy atom. The molecule has 1 aliphatic heterocycles. The van der Waals surface area contributed by atoms with E-state index in [1.807, 2.05) is 18.2 Å². The number of hydrogen-bond acceptors (Lipinski definition) is 3. The van der Waals surface area contributed by atoms with Gasteiger partial charge in [0.05, 0.1) is 13.2 Å². The van der Waals surface area contributed by atoms with Crippen molar-refractivity contribution in [2.45, 2.75) is 50.2 Å². The summed E-state index contributed by atoms with van der Waals surface area (Å²) in [6.07, 6.45) is 6.43. The van der Waals surface area contributed by atoms with Crippen LogP contribution in [0.15, 0.2) is 24.3 Å². The van der Waals surface area contributed by atoms with Gasteiger partial charge >= 0.3 is 0 Å². The van der Waals surface area contributed by atoms with Crippen molar-refractivity contribution in [2.24, 2.45) is 11.8 Å². The third kappa shape index (κ3) is 2.44. The van der Waals surface area contributed by atoms with Gasteiger partial charge in [-0.25, -0.2) is 0 Å². The third-order valence-corrected chi connectivity index (χ3v) is 6.32. The predicted molar refractivity (Wildman–Crippen MR) is 87.2 cm³/mol. The minimum Gasteiger partial charge on any atom is -0.496 e. The van der Waals surface area contributed by atoms with E-state index in [-0.39, 0.29) is 12.0 Å². The second kappa shape index (κ2) is 5.86. The summed E-state index contributed by atoms with van der Waals surface area (Å²) in [6, 6.07) is 8.91. The minimum atomic E-state index is -0.274. The van der Waals surface area contributed by atoms with Gasteiger partial charge in [-0.3, -0.25) is 4.90 Å². The van der Waals surface area contributed by atoms with Crippen LogP contribution in [0, 0.1) is 11.8 Å². The molecule has 1 saturated heterocycles. The van der Waals surface area contributed by atoms with Crippen molar-refractivity contribution < 1.29 is 9.84 Å². The van der Waals surface area contributed by atoms with Crippen LogP contribution in [0.25, 0.3) is 0 Å². The number of methoxy groups -OCH3 is 1. The van der Waals surface area contributed by atoms with E-state index < -0.39 is 0 Å². The molecule has 1 unspecified atom stereocenters. The molecule has 3 fully saturated rings. The van der Waals surface area contributed by atoms with Crippen molar-refractivity contribution in [1.82, 2.24) is 4.90 Å². The molecule has 2 bridgehead atoms. The summed E-state index contributed by atoms with van der Waals surface area (Å²) in [4.78, 5) is 2.58. The molecule has 120 valence electrons. The van der Waals surface area contributed by atoms with E-state index in [2.05, 4.69) is 11.0 Å². The summed E-state index contributed by atoms with van der Waals surface area (Å²) in [6.45, 7) is 1.95. The van der Waals surface area contributed by atoms with Gasteiger partial charge in [-0.15, -0.1) is 0 Å². The zero-order valence-electron chi connectivity index (χ0n) is 13.4. The van der Waals surface area contributed by atoms with Crippen LogP contribution in [0.1, 0.15) is 43.6 Å². The van der Waals surface area contributed by atoms with Crippen molar-refractivity contribution in [2.75, 3.05) is 20.2 Å². The Hall–Kier alpha value is -1.06. The van der Waals surface area contributed by atoms with Crippen LogP contribution in [0.5, 0.6) is 5.75 Å². The average Bonchev–Trinajstić information content (AvgIpc) is 3.18. The number of hydrogen-bond donors (Lipinski definition) is 1. The summed E-state index contributed by atoms with van der Waals surface area (Å²) in [5.41, 5.74) is 1.17. The molecule has 3 heteroatoms. The molecule has 22 heavy (non-hydrogen) atoms. The lowest BCUT2D eigenvalue weighted by atomic mass is 9.84. The number of piperidine rings is 1. The van der Waals surface area contributed by atoms with Crippen LogP contribution in [0.3, 0.4) is 0 Å². The first-order chi connectivity index (χ1) is 10.8. The monoisotopic (exact) mass is 301 g/mol. The van der Waals surface area contributed by atoms with E-state index in [9.17, 15) is 5.11 Å². The molecule has 1 heterocycles. The fourth-order valence-corrected chi connectivity index (χ4v) is 5.25. The standard InChI is InChI=1S/C19H27NO2/c1-22-19-5-3-2-4-16(19)15-8-9-20(12-18(15)21)17-11-13-6-7-14(17)10-13/h2-5,13-15,17-18,21H,6-12H2,1H3/t13-,14?,15-,17+,18-/m0/s1. The third-order valence-electron chi connectivity index (χ3n) is 6.32. The Bertz CT molecular complexity index is 532. The molecular formula is C19H27NO2. The second-order valence-electron chi connectivity index (χ2n) is 7.44. The molecule has 3 aliphatic rings. The molecule has 1 N–H and O–H groups in total. The van der Waals surface area contributed by atoms with Crippen LogP contribution in [-0.2, 0) is 0 Å². The first-order valence-corrected chi connectivity index (χ1v) is 8.81. The second-order valence-corrected chi connectivity index (χ2v) is 7.44. The molecule has 1 aromatic carbocycles. The van der Waals surface area contributed by atoms with Crippen LogP contribution >= 0.6 is 0 Å². The number of aliphatic hydroxyl groups is 1. The van der Waals surface area contributed by atoms with E-state index in [0.29, 0.717) is 0 Å². The normalized spacial score (nSPS) is 38.4. The van der Waals surface area contributed by atoms with Crippen molar-refractivity contribution in [1.29, 1.82) is 0 Å². The Morgan fingerprint density at radius 3 is 2.68 bits per heavy atom. The SMILES string of the molecule is COc1ccccc1[C@@H]1CCN([C@@H]2C[C@H]3CCC2C3)C[C@@H]1O. The van der Waals surface area contributed by atoms with Crippen molar-refractivity contribution >= 4 is 0 Å². The lowest BCUT2D eigenvalue weighted by molar-refractivity contribution is 0.0155. The molecule has 0 spiro atoms. The van der Waals surface area contributed by atoms with Gasteiger partial charge in [0.1, 0.15) is 5.75 Å². The van der Waals surface area contributed by atoms with Gasteiger partial charge in [-0.1, -0.05) is 24.6 Å². The highest BCUT2D eigenvalue weighted by molar-refractivity contribution is 5.37. The van der Waals surface area contributed by atoms with E-state index in [0.717, 1.165) is 43.1 Å². The summed E-state index contributed by atoms with van der Waals surface area (Å²) >= 11 is 0. The molecule has 1 aromatic rings. The number of benzene rings is 1. The Labute approximate surface area is 133 Å². The number of rotatable bonds is 3. The molecule has 2 aliphatic carbocycles. The van der Waals surface area contributed by atoms with Gasteiger partial charge in [0.25, 0.3) is 0 Å². The van der Waals surface area contributed by atoms with E-state index in [1.54, 1.807) is 7.11 Å². The number of β-amino-alcohol motifs (C(OH)–C–C–N with tert-alkyl or cyclic N) is 1. The van der Waals surface area contributed by atoms with E-state index in [4.69, 9.17) is 4.74 Å². The number of likely N-dealkylation sites (tertiary alicyclic amines) is 1. The highest BCUT2D eigenvalue weighted by Gasteiger charge is 2.44. The lowest BCUT2D eigenvalue weighted by Crippen LogP contribution is -2.49. The van der Waals surface area contributed by atoms with Gasteiger partial charge in [0.2, 0.25) is 0 Å². The minimum absolute atomic E-state index is 0.214. The summed E-state index contributed by atoms with van der Waals surface area (Å²) < 4.78 is 5.49. The average molecular weight is 301 g/mol. The number of ether oxygens (including phenoxy) is 1. The van der Waals surface area contributed by atoms with Crippen LogP contribution in [0.2, 0.25) is 0 Å². The van der Waals surface area contributed by atoms with Gasteiger partial charge in [-0.05, 0) is 55.7 Å². The number of nitrogens with zero attached hydrogens (tertiary/aromatic N) is 1. The molecule has 3 nitrogen and oxygen atoms in total. The maximum Gasteiger partial charge on any atom is 0.122 e. The molecule has 5 atom stereocenters. The van der Waals surface area contributed by atoms with Crippen molar-refractivity contribution in [3.63, 3.8) is 0 Å². The quantitative estimate of drug-likeness (QED) is 0.931. The first kappa shape index (κ1) is 14.5. The predicted octanol–water partition coefficient (Wildman–Crippen LogP) is 3.03. The molecule has 0 radical (unpaired) electrons. The van der Waals surface area contributed by atoms with Crippen LogP contribution in [0.4, 0.5) is 0 Å². The molecule has 0 amide bonds. The van der Waals surface area contributed by atoms with Gasteiger partial charge in [0.15, 0.2) is 0 Å². The summed E-state index contributed by atoms with van der Waals surface area (Å²) in [5, 5.41) is 10.7. The maximum absolute atomic E-state index is 10.7. The highest BCUT2D eigenvalue weighted by atomic mass is 16.5. The maximum atomic E-state index is 10.7. The van der Waals surface area contributed by atoms with Crippen LogP contribution in [-0.4, -0.2) is 42.4 Å². The lowest BCUT2D eigenvalue weighted by Gasteiger charge is -2.42. The van der Waals surface area contributed by atoms with Crippen molar-refractivity contribution in [3.8, 4) is 5.75 Å². The number of aliphatic hydroxyl groups excluding tert-OH is 1. The molecule has 0 aromatic heterocycles. The largest absolute Gasteiger partial charge is 0.496 e. The topological polar surface area (TPSA) is 32.7 Å². The Balaban J connectivity index is 1.46. The van der Waals surface area contributed by atoms with E-state index >= 15 is 0 Å². The number of para-hydroxylation sites is 1. The molecule has 4 rings (SSSR count). The Kier molecular flexibility index (Phi) is 3.87. The van der Waals surface area contributed by atoms with Gasteiger partial charge < -0.3 is 9.84 Å². The molecular weight excluding hydrogens is 274 g/mol. The van der Waals surface area contributed by atoms with Gasteiger partial charge in [-0.2, -0.15) is 0 Å². The van der Waals surface area contributed by atoms with Gasteiger partial charge in [0, 0.05) is 18.5 Å². The highest BCUT2D eigenvalue weighted by Crippen LogP contribution is 2.47. The van der Waals surface area contributed by atoms with Crippen LogP contribution < -0.4 is 4.74 Å². The summed E-state index contributed by atoms with van der Waals surface area (Å²) in [7, 11) is 1.72. The van der Waals surface area contributed by atoms with E-state index in [1.165, 1.54) is 31.2 Å². The summed E-state index contributed by atoms with van der Waals surface area (Å²) in [5.74, 6) is 3.00. The molecule has 2 saturated carbocycles. The Morgan fingerprint density at radius 2 is 2.00 bits per heavy atom. The number of fused-ring (bicyclic) bond motifs is 2. The fraction of sp³-hybridized carbons (Fsp3) is 0.684. The zero-order valence-corrected chi connectivity index (χ0v) is 13.4. The smallest absolute Gasteiger partial charge is 0.122 e.